The third-order valence-electron chi connectivity index (χ3n) is 2.56. The van der Waals surface area contributed by atoms with Crippen molar-refractivity contribution in [3.63, 3.8) is 0 Å². The molecule has 90 valence electrons. The highest BCUT2D eigenvalue weighted by Crippen LogP contribution is 2.28. The van der Waals surface area contributed by atoms with Gasteiger partial charge in [-0.3, -0.25) is 0 Å². The Morgan fingerprint density at radius 1 is 1.56 bits per heavy atom. The lowest BCUT2D eigenvalue weighted by Gasteiger charge is -2.23. The minimum absolute atomic E-state index is 0.0874. The number of methoxy groups -OCH3 is 1. The molecule has 1 aromatic rings. The van der Waals surface area contributed by atoms with Gasteiger partial charge in [0.1, 0.15) is 0 Å². The topological polar surface area (TPSA) is 70.4 Å². The Kier molecular flexibility index (Phi) is 3.45. The van der Waals surface area contributed by atoms with Crippen molar-refractivity contribution < 1.29 is 17.9 Å². The van der Waals surface area contributed by atoms with E-state index < -0.39 is 10.7 Å². The van der Waals surface area contributed by atoms with Gasteiger partial charge in [-0.25, -0.2) is 13.1 Å². The molecular weight excluding hydrogens is 232 g/mol. The molecule has 0 radical (unpaired) electrons. The first-order valence-corrected chi connectivity index (χ1v) is 6.29. The zero-order valence-electron chi connectivity index (χ0n) is 8.96. The monoisotopic (exact) mass is 246 g/mol. The van der Waals surface area contributed by atoms with Gasteiger partial charge >= 0.3 is 0 Å². The van der Waals surface area contributed by atoms with Gasteiger partial charge in [0.15, 0.2) is 27.7 Å². The number of hydrogen-bond donors (Lipinski definition) is 1. The average molecular weight is 246 g/mol. The molecule has 0 amide bonds. The van der Waals surface area contributed by atoms with Crippen LogP contribution in [0.2, 0.25) is 0 Å². The Hall–Kier alpha value is -1.08. The van der Waals surface area contributed by atoms with E-state index in [4.69, 9.17) is 9.47 Å². The van der Waals surface area contributed by atoms with Crippen LogP contribution in [0.25, 0.3) is 0 Å². The zero-order valence-corrected chi connectivity index (χ0v) is 9.85. The van der Waals surface area contributed by atoms with Crippen LogP contribution in [0.5, 0.6) is 5.75 Å². The molecule has 1 aliphatic heterocycles. The molecule has 0 saturated carbocycles. The van der Waals surface area contributed by atoms with Crippen LogP contribution in [0.1, 0.15) is 25.5 Å². The summed E-state index contributed by atoms with van der Waals surface area (Å²) in [6.07, 6.45) is 3.91. The molecule has 0 aliphatic carbocycles. The summed E-state index contributed by atoms with van der Waals surface area (Å²) in [5.41, 5.74) is 0. The van der Waals surface area contributed by atoms with Gasteiger partial charge in [-0.05, 0) is 19.3 Å². The van der Waals surface area contributed by atoms with Gasteiger partial charge in [0.05, 0.1) is 13.3 Å². The van der Waals surface area contributed by atoms with Crippen LogP contribution in [0.15, 0.2) is 11.2 Å². The Morgan fingerprint density at radius 3 is 2.94 bits per heavy atom. The van der Waals surface area contributed by atoms with E-state index in [2.05, 4.69) is 5.10 Å². The molecule has 1 saturated heterocycles. The maximum absolute atomic E-state index is 11.1. The standard InChI is InChI=1S/C9H14N2O4S/c1-14-7-6-10-11(9(7)16(12)13)8-4-2-3-5-15-8/h6,8,16H,2-5H2,1H3. The fraction of sp³-hybridized carbons (Fsp3) is 0.667. The summed E-state index contributed by atoms with van der Waals surface area (Å²) in [5, 5.41) is 4.10. The van der Waals surface area contributed by atoms with E-state index in [0.717, 1.165) is 19.3 Å². The van der Waals surface area contributed by atoms with Crippen LogP contribution in [-0.4, -0.2) is 31.9 Å². The number of hydrogen-bond acceptors (Lipinski definition) is 5. The van der Waals surface area contributed by atoms with Gasteiger partial charge < -0.3 is 9.47 Å². The van der Waals surface area contributed by atoms with Crippen molar-refractivity contribution in [3.8, 4) is 5.75 Å². The summed E-state index contributed by atoms with van der Waals surface area (Å²) in [5.74, 6) is 0.269. The summed E-state index contributed by atoms with van der Waals surface area (Å²) in [4.78, 5) is 0. The normalized spacial score (nSPS) is 21.2. The van der Waals surface area contributed by atoms with Crippen LogP contribution in [0, 0.1) is 0 Å². The molecule has 1 atom stereocenters. The highest BCUT2D eigenvalue weighted by atomic mass is 32.2. The summed E-state index contributed by atoms with van der Waals surface area (Å²) in [6.45, 7) is 0.641. The maximum atomic E-state index is 11.1. The van der Waals surface area contributed by atoms with E-state index in [1.807, 2.05) is 0 Å². The Bertz CT molecular complexity index is 427. The molecule has 16 heavy (non-hydrogen) atoms. The number of nitrogens with zero attached hydrogens (tertiary/aromatic N) is 2. The summed E-state index contributed by atoms with van der Waals surface area (Å²) >= 11 is 0. The van der Waals surface area contributed by atoms with E-state index in [-0.39, 0.29) is 17.0 Å². The lowest BCUT2D eigenvalue weighted by Crippen LogP contribution is -2.20. The van der Waals surface area contributed by atoms with Gasteiger partial charge in [0, 0.05) is 6.61 Å². The smallest absolute Gasteiger partial charge is 0.195 e. The van der Waals surface area contributed by atoms with Crippen LogP contribution < -0.4 is 4.74 Å². The van der Waals surface area contributed by atoms with Crippen molar-refractivity contribution in [2.24, 2.45) is 0 Å². The molecule has 2 heterocycles. The van der Waals surface area contributed by atoms with Crippen molar-refractivity contribution in [3.05, 3.63) is 6.20 Å². The van der Waals surface area contributed by atoms with Crippen molar-refractivity contribution in [2.45, 2.75) is 30.5 Å². The van der Waals surface area contributed by atoms with Gasteiger partial charge in [0.25, 0.3) is 0 Å². The van der Waals surface area contributed by atoms with E-state index in [1.54, 1.807) is 0 Å². The molecule has 0 bridgehead atoms. The summed E-state index contributed by atoms with van der Waals surface area (Å²) in [6, 6.07) is 0. The van der Waals surface area contributed by atoms with E-state index in [0.29, 0.717) is 6.61 Å². The van der Waals surface area contributed by atoms with Crippen LogP contribution in [0.3, 0.4) is 0 Å². The largest absolute Gasteiger partial charge is 0.492 e. The fourth-order valence-corrected chi connectivity index (χ4v) is 2.46. The van der Waals surface area contributed by atoms with Gasteiger partial charge in [-0.15, -0.1) is 0 Å². The highest BCUT2D eigenvalue weighted by Gasteiger charge is 2.23. The first-order chi connectivity index (χ1) is 7.74. The first kappa shape index (κ1) is 11.4. The summed E-state index contributed by atoms with van der Waals surface area (Å²) < 4.78 is 34.1. The molecule has 1 unspecified atom stereocenters. The third kappa shape index (κ3) is 2.05. The van der Waals surface area contributed by atoms with Crippen molar-refractivity contribution in [2.75, 3.05) is 13.7 Å². The Labute approximate surface area is 95.1 Å². The number of rotatable bonds is 3. The van der Waals surface area contributed by atoms with Crippen LogP contribution >= 0.6 is 0 Å². The Morgan fingerprint density at radius 2 is 2.38 bits per heavy atom. The highest BCUT2D eigenvalue weighted by molar-refractivity contribution is 7.72. The Balaban J connectivity index is 2.35. The van der Waals surface area contributed by atoms with Gasteiger partial charge in [0.2, 0.25) is 0 Å². The second kappa shape index (κ2) is 4.84. The van der Waals surface area contributed by atoms with Gasteiger partial charge in [-0.1, -0.05) is 0 Å². The van der Waals surface area contributed by atoms with E-state index >= 15 is 0 Å². The quantitative estimate of drug-likeness (QED) is 0.789. The number of ether oxygens (including phenoxy) is 2. The molecule has 7 heteroatoms. The van der Waals surface area contributed by atoms with E-state index in [9.17, 15) is 8.42 Å². The van der Waals surface area contributed by atoms with Crippen LogP contribution in [0.4, 0.5) is 0 Å². The fourth-order valence-electron chi connectivity index (χ4n) is 1.78. The number of aromatic nitrogens is 2. The molecule has 0 spiro atoms. The minimum atomic E-state index is -2.74. The predicted octanol–water partition coefficient (Wildman–Crippen LogP) is 0.561. The molecule has 0 N–H and O–H groups in total. The molecule has 2 rings (SSSR count). The third-order valence-corrected chi connectivity index (χ3v) is 3.33. The molecule has 0 aromatic carbocycles. The minimum Gasteiger partial charge on any atom is -0.492 e. The van der Waals surface area contributed by atoms with E-state index in [1.165, 1.54) is 18.0 Å². The van der Waals surface area contributed by atoms with Crippen molar-refractivity contribution >= 4 is 10.7 Å². The average Bonchev–Trinajstić information content (AvgIpc) is 2.73. The van der Waals surface area contributed by atoms with Crippen LogP contribution in [-0.2, 0) is 15.4 Å². The molecule has 6 nitrogen and oxygen atoms in total. The molecular formula is C9H14N2O4S. The molecule has 1 aromatic heterocycles. The second-order valence-electron chi connectivity index (χ2n) is 3.56. The maximum Gasteiger partial charge on any atom is 0.195 e. The predicted molar refractivity (Wildman–Crippen MR) is 56.2 cm³/mol. The zero-order chi connectivity index (χ0) is 11.5. The lowest BCUT2D eigenvalue weighted by molar-refractivity contribution is -0.0450. The first-order valence-electron chi connectivity index (χ1n) is 5.11. The van der Waals surface area contributed by atoms with Crippen molar-refractivity contribution in [1.29, 1.82) is 0 Å². The van der Waals surface area contributed by atoms with Gasteiger partial charge in [-0.2, -0.15) is 5.10 Å². The summed E-state index contributed by atoms with van der Waals surface area (Å²) in [7, 11) is -1.31. The molecule has 1 aliphatic rings. The van der Waals surface area contributed by atoms with Crippen molar-refractivity contribution in [1.82, 2.24) is 9.78 Å². The molecule has 1 fully saturated rings. The SMILES string of the molecule is COc1cnn(C2CCCCO2)c1[SH](=O)=O. The number of thiol groups is 1. The second-order valence-corrected chi connectivity index (χ2v) is 4.50. The lowest BCUT2D eigenvalue weighted by atomic mass is 10.2.